The van der Waals surface area contributed by atoms with E-state index in [1.165, 1.54) is 0 Å². The van der Waals surface area contributed by atoms with Crippen LogP contribution in [-0.4, -0.2) is 21.9 Å². The number of aromatic nitrogens is 3. The maximum atomic E-state index is 5.01. The van der Waals surface area contributed by atoms with Gasteiger partial charge in [-0.3, -0.25) is 4.57 Å². The Kier molecular flexibility index (Phi) is 2.46. The van der Waals surface area contributed by atoms with Gasteiger partial charge in [-0.15, -0.1) is 5.10 Å². The summed E-state index contributed by atoms with van der Waals surface area (Å²) in [4.78, 5) is 0. The molecule has 1 aromatic rings. The fraction of sp³-hybridized carbons (Fsp3) is 0.714. The van der Waals surface area contributed by atoms with Crippen LogP contribution in [-0.2, 0) is 13.0 Å². The molecule has 0 aliphatic heterocycles. The van der Waals surface area contributed by atoms with Crippen molar-refractivity contribution in [2.45, 2.75) is 26.8 Å². The zero-order valence-electron chi connectivity index (χ0n) is 7.16. The predicted molar refractivity (Wildman–Crippen MR) is 41.6 cm³/mol. The number of ether oxygens (including phenoxy) is 1. The van der Waals surface area contributed by atoms with E-state index in [0.29, 0.717) is 6.01 Å². The monoisotopic (exact) mass is 155 g/mol. The molecule has 0 amide bonds. The number of methoxy groups -OCH3 is 1. The van der Waals surface area contributed by atoms with E-state index in [1.807, 2.05) is 11.5 Å². The third kappa shape index (κ3) is 1.34. The summed E-state index contributed by atoms with van der Waals surface area (Å²) < 4.78 is 6.97. The standard InChI is InChI=1S/C7H13N3O/c1-4-6-8-9-7(11-3)10(6)5-2/h4-5H2,1-3H3. The fourth-order valence-electron chi connectivity index (χ4n) is 1.05. The summed E-state index contributed by atoms with van der Waals surface area (Å²) in [7, 11) is 1.61. The van der Waals surface area contributed by atoms with E-state index in [1.54, 1.807) is 7.11 Å². The van der Waals surface area contributed by atoms with E-state index < -0.39 is 0 Å². The van der Waals surface area contributed by atoms with E-state index in [2.05, 4.69) is 17.1 Å². The molecule has 0 bridgehead atoms. The second-order valence-corrected chi connectivity index (χ2v) is 2.20. The summed E-state index contributed by atoms with van der Waals surface area (Å²) in [6, 6.07) is 0.601. The van der Waals surface area contributed by atoms with Crippen LogP contribution in [0.2, 0.25) is 0 Å². The average molecular weight is 155 g/mol. The van der Waals surface area contributed by atoms with E-state index in [0.717, 1.165) is 18.8 Å². The van der Waals surface area contributed by atoms with Crippen LogP contribution in [0, 0.1) is 0 Å². The van der Waals surface area contributed by atoms with Gasteiger partial charge in [-0.05, 0) is 6.92 Å². The van der Waals surface area contributed by atoms with Crippen LogP contribution >= 0.6 is 0 Å². The molecule has 62 valence electrons. The van der Waals surface area contributed by atoms with Crippen LogP contribution in [0.25, 0.3) is 0 Å². The van der Waals surface area contributed by atoms with Gasteiger partial charge < -0.3 is 4.74 Å². The normalized spacial score (nSPS) is 10.1. The lowest BCUT2D eigenvalue weighted by atomic mass is 10.4. The Bertz CT molecular complexity index is 210. The van der Waals surface area contributed by atoms with Crippen LogP contribution in [0.5, 0.6) is 6.01 Å². The van der Waals surface area contributed by atoms with Crippen molar-refractivity contribution in [3.63, 3.8) is 0 Å². The molecular weight excluding hydrogens is 142 g/mol. The molecule has 1 aromatic heterocycles. The highest BCUT2D eigenvalue weighted by atomic mass is 16.5. The maximum Gasteiger partial charge on any atom is 0.316 e. The number of nitrogens with zero attached hydrogens (tertiary/aromatic N) is 3. The SMILES string of the molecule is CCc1nnc(OC)n1CC. The quantitative estimate of drug-likeness (QED) is 0.650. The van der Waals surface area contributed by atoms with Crippen molar-refractivity contribution in [3.05, 3.63) is 5.82 Å². The van der Waals surface area contributed by atoms with Gasteiger partial charge >= 0.3 is 6.01 Å². The first-order chi connectivity index (χ1) is 5.33. The molecule has 1 rings (SSSR count). The fourth-order valence-corrected chi connectivity index (χ4v) is 1.05. The highest BCUT2D eigenvalue weighted by Crippen LogP contribution is 2.08. The number of hydrogen-bond donors (Lipinski definition) is 0. The molecule has 0 aliphatic rings. The first-order valence-corrected chi connectivity index (χ1v) is 3.79. The largest absolute Gasteiger partial charge is 0.467 e. The molecule has 0 radical (unpaired) electrons. The molecule has 1 heterocycles. The van der Waals surface area contributed by atoms with Crippen molar-refractivity contribution in [2.75, 3.05) is 7.11 Å². The molecule has 0 unspecified atom stereocenters. The Morgan fingerprint density at radius 3 is 2.55 bits per heavy atom. The number of rotatable bonds is 3. The summed E-state index contributed by atoms with van der Waals surface area (Å²) in [5, 5.41) is 7.83. The van der Waals surface area contributed by atoms with Crippen molar-refractivity contribution in [2.24, 2.45) is 0 Å². The molecule has 0 saturated heterocycles. The van der Waals surface area contributed by atoms with Crippen LogP contribution in [0.3, 0.4) is 0 Å². The lowest BCUT2D eigenvalue weighted by Crippen LogP contribution is -2.02. The molecule has 4 nitrogen and oxygen atoms in total. The zero-order valence-corrected chi connectivity index (χ0v) is 7.16. The van der Waals surface area contributed by atoms with Crippen LogP contribution < -0.4 is 4.74 Å². The van der Waals surface area contributed by atoms with E-state index in [4.69, 9.17) is 4.74 Å². The molecule has 0 saturated carbocycles. The van der Waals surface area contributed by atoms with Gasteiger partial charge in [0.05, 0.1) is 7.11 Å². The lowest BCUT2D eigenvalue weighted by Gasteiger charge is -2.02. The summed E-state index contributed by atoms with van der Waals surface area (Å²) in [6.07, 6.45) is 0.893. The number of aryl methyl sites for hydroxylation is 1. The maximum absolute atomic E-state index is 5.01. The smallest absolute Gasteiger partial charge is 0.316 e. The topological polar surface area (TPSA) is 39.9 Å². The van der Waals surface area contributed by atoms with Gasteiger partial charge in [0.2, 0.25) is 0 Å². The van der Waals surface area contributed by atoms with Crippen molar-refractivity contribution >= 4 is 0 Å². The Morgan fingerprint density at radius 2 is 2.09 bits per heavy atom. The summed E-state index contributed by atoms with van der Waals surface area (Å²) >= 11 is 0. The Balaban J connectivity index is 2.99. The lowest BCUT2D eigenvalue weighted by molar-refractivity contribution is 0.356. The minimum atomic E-state index is 0.601. The first kappa shape index (κ1) is 8.04. The second kappa shape index (κ2) is 3.37. The van der Waals surface area contributed by atoms with Crippen molar-refractivity contribution < 1.29 is 4.74 Å². The third-order valence-electron chi connectivity index (χ3n) is 1.61. The van der Waals surface area contributed by atoms with Gasteiger partial charge in [0.1, 0.15) is 5.82 Å². The van der Waals surface area contributed by atoms with Crippen molar-refractivity contribution in [1.82, 2.24) is 14.8 Å². The van der Waals surface area contributed by atoms with Crippen molar-refractivity contribution in [3.8, 4) is 6.01 Å². The van der Waals surface area contributed by atoms with Gasteiger partial charge in [0.15, 0.2) is 0 Å². The predicted octanol–water partition coefficient (Wildman–Crippen LogP) is 0.869. The molecule has 0 aromatic carbocycles. The third-order valence-corrected chi connectivity index (χ3v) is 1.61. The van der Waals surface area contributed by atoms with Crippen molar-refractivity contribution in [1.29, 1.82) is 0 Å². The van der Waals surface area contributed by atoms with E-state index in [9.17, 15) is 0 Å². The minimum Gasteiger partial charge on any atom is -0.467 e. The molecule has 0 fully saturated rings. The van der Waals surface area contributed by atoms with E-state index in [-0.39, 0.29) is 0 Å². The molecular formula is C7H13N3O. The van der Waals surface area contributed by atoms with Gasteiger partial charge in [-0.2, -0.15) is 0 Å². The summed E-state index contributed by atoms with van der Waals surface area (Å²) in [5.41, 5.74) is 0. The highest BCUT2D eigenvalue weighted by molar-refractivity contribution is 5.00. The Morgan fingerprint density at radius 1 is 1.36 bits per heavy atom. The zero-order chi connectivity index (χ0) is 8.27. The van der Waals surface area contributed by atoms with Gasteiger partial charge in [-0.1, -0.05) is 12.0 Å². The molecule has 4 heteroatoms. The molecule has 0 aliphatic carbocycles. The minimum absolute atomic E-state index is 0.601. The molecule has 0 atom stereocenters. The van der Waals surface area contributed by atoms with Crippen LogP contribution in [0.1, 0.15) is 19.7 Å². The van der Waals surface area contributed by atoms with Gasteiger partial charge in [0, 0.05) is 13.0 Å². The second-order valence-electron chi connectivity index (χ2n) is 2.20. The van der Waals surface area contributed by atoms with Crippen LogP contribution in [0.15, 0.2) is 0 Å². The Labute approximate surface area is 66.2 Å². The van der Waals surface area contributed by atoms with Gasteiger partial charge in [-0.25, -0.2) is 0 Å². The molecule has 11 heavy (non-hydrogen) atoms. The highest BCUT2D eigenvalue weighted by Gasteiger charge is 2.07. The number of hydrogen-bond acceptors (Lipinski definition) is 3. The molecule has 0 spiro atoms. The average Bonchev–Trinajstić information content (AvgIpc) is 2.45. The van der Waals surface area contributed by atoms with Crippen LogP contribution in [0.4, 0.5) is 0 Å². The molecule has 0 N–H and O–H groups in total. The van der Waals surface area contributed by atoms with Gasteiger partial charge in [0.25, 0.3) is 0 Å². The summed E-state index contributed by atoms with van der Waals surface area (Å²) in [5.74, 6) is 0.976. The Hall–Kier alpha value is -1.06. The first-order valence-electron chi connectivity index (χ1n) is 3.79. The summed E-state index contributed by atoms with van der Waals surface area (Å²) in [6.45, 7) is 4.96. The van der Waals surface area contributed by atoms with E-state index >= 15 is 0 Å².